The predicted octanol–water partition coefficient (Wildman–Crippen LogP) is 1.60. The lowest BCUT2D eigenvalue weighted by atomic mass is 9.98. The summed E-state index contributed by atoms with van der Waals surface area (Å²) >= 11 is 0. The highest BCUT2D eigenvalue weighted by molar-refractivity contribution is 5.93. The molecule has 1 aromatic carbocycles. The van der Waals surface area contributed by atoms with Crippen LogP contribution in [0.15, 0.2) is 24.3 Å². The smallest absolute Gasteiger partial charge is 0.228 e. The van der Waals surface area contributed by atoms with E-state index in [1.165, 1.54) is 6.92 Å². The molecule has 0 saturated carbocycles. The number of carbonyl (C=O) groups excluding carboxylic acids is 2. The van der Waals surface area contributed by atoms with E-state index in [1.54, 1.807) is 11.9 Å². The van der Waals surface area contributed by atoms with Gasteiger partial charge in [-0.05, 0) is 31.0 Å². The van der Waals surface area contributed by atoms with Crippen molar-refractivity contribution in [2.45, 2.75) is 26.3 Å². The summed E-state index contributed by atoms with van der Waals surface area (Å²) in [6.45, 7) is 3.76. The van der Waals surface area contributed by atoms with Crippen LogP contribution in [0.2, 0.25) is 0 Å². The molecule has 0 aromatic heterocycles. The largest absolute Gasteiger partial charge is 0.342 e. The number of benzene rings is 1. The van der Waals surface area contributed by atoms with Crippen molar-refractivity contribution in [1.29, 1.82) is 0 Å². The minimum atomic E-state index is 0.00705. The number of rotatable bonds is 4. The quantitative estimate of drug-likeness (QED) is 0.885. The Kier molecular flexibility index (Phi) is 5.33. The standard InChI is InChI=1S/C16H23N3O2/c1-12(20)19(2)11-14-6-3-4-8-15(14)18-16(21)13-7-5-9-17-10-13/h3-4,6,8,13,17H,5,7,9-11H2,1-2H3,(H,18,21)/t13-/m1/s1. The van der Waals surface area contributed by atoms with Crippen LogP contribution in [0.3, 0.4) is 0 Å². The van der Waals surface area contributed by atoms with Gasteiger partial charge in [0.15, 0.2) is 0 Å². The van der Waals surface area contributed by atoms with Crippen molar-refractivity contribution in [3.05, 3.63) is 29.8 Å². The molecule has 1 atom stereocenters. The number of piperidine rings is 1. The van der Waals surface area contributed by atoms with Gasteiger partial charge in [0.05, 0.1) is 5.92 Å². The lowest BCUT2D eigenvalue weighted by Crippen LogP contribution is -2.37. The van der Waals surface area contributed by atoms with E-state index in [9.17, 15) is 9.59 Å². The first-order valence-electron chi connectivity index (χ1n) is 7.39. The molecule has 2 amide bonds. The molecule has 114 valence electrons. The summed E-state index contributed by atoms with van der Waals surface area (Å²) in [6.07, 6.45) is 1.96. The van der Waals surface area contributed by atoms with Crippen LogP contribution in [0.4, 0.5) is 5.69 Å². The van der Waals surface area contributed by atoms with E-state index in [2.05, 4.69) is 10.6 Å². The summed E-state index contributed by atoms with van der Waals surface area (Å²) in [7, 11) is 1.76. The number of nitrogens with one attached hydrogen (secondary N) is 2. The van der Waals surface area contributed by atoms with Crippen molar-refractivity contribution in [3.63, 3.8) is 0 Å². The molecule has 1 saturated heterocycles. The number of amides is 2. The molecule has 21 heavy (non-hydrogen) atoms. The average Bonchev–Trinajstić information content (AvgIpc) is 2.50. The Labute approximate surface area is 125 Å². The van der Waals surface area contributed by atoms with Crippen LogP contribution in [-0.4, -0.2) is 36.9 Å². The third-order valence-electron chi connectivity index (χ3n) is 3.89. The van der Waals surface area contributed by atoms with Gasteiger partial charge in [0.1, 0.15) is 0 Å². The Hall–Kier alpha value is -1.88. The highest BCUT2D eigenvalue weighted by Gasteiger charge is 2.21. The second-order valence-corrected chi connectivity index (χ2v) is 5.56. The lowest BCUT2D eigenvalue weighted by Gasteiger charge is -2.23. The first kappa shape index (κ1) is 15.5. The van der Waals surface area contributed by atoms with Crippen molar-refractivity contribution < 1.29 is 9.59 Å². The van der Waals surface area contributed by atoms with Crippen LogP contribution in [0, 0.1) is 5.92 Å². The molecule has 1 aliphatic rings. The zero-order chi connectivity index (χ0) is 15.2. The summed E-state index contributed by atoms with van der Waals surface area (Å²) in [5, 5.41) is 6.26. The minimum absolute atomic E-state index is 0.00705. The minimum Gasteiger partial charge on any atom is -0.342 e. The zero-order valence-corrected chi connectivity index (χ0v) is 12.7. The predicted molar refractivity (Wildman–Crippen MR) is 82.8 cm³/mol. The highest BCUT2D eigenvalue weighted by Crippen LogP contribution is 2.19. The van der Waals surface area contributed by atoms with Crippen molar-refractivity contribution >= 4 is 17.5 Å². The molecule has 0 spiro atoms. The number of nitrogens with zero attached hydrogens (tertiary/aromatic N) is 1. The number of hydrogen-bond acceptors (Lipinski definition) is 3. The summed E-state index contributed by atoms with van der Waals surface area (Å²) in [4.78, 5) is 25.3. The maximum absolute atomic E-state index is 12.3. The number of para-hydroxylation sites is 1. The van der Waals surface area contributed by atoms with Gasteiger partial charge in [0.2, 0.25) is 11.8 Å². The van der Waals surface area contributed by atoms with E-state index in [1.807, 2.05) is 24.3 Å². The van der Waals surface area contributed by atoms with Crippen LogP contribution in [0.5, 0.6) is 0 Å². The fraction of sp³-hybridized carbons (Fsp3) is 0.500. The molecule has 1 aliphatic heterocycles. The first-order valence-corrected chi connectivity index (χ1v) is 7.39. The van der Waals surface area contributed by atoms with Gasteiger partial charge >= 0.3 is 0 Å². The molecule has 0 radical (unpaired) electrons. The highest BCUT2D eigenvalue weighted by atomic mass is 16.2. The molecular formula is C16H23N3O2. The fourth-order valence-electron chi connectivity index (χ4n) is 2.46. The number of anilines is 1. The Morgan fingerprint density at radius 3 is 2.81 bits per heavy atom. The van der Waals surface area contributed by atoms with Gasteiger partial charge in [-0.1, -0.05) is 18.2 Å². The van der Waals surface area contributed by atoms with Crippen LogP contribution >= 0.6 is 0 Å². The monoisotopic (exact) mass is 289 g/mol. The van der Waals surface area contributed by atoms with E-state index in [4.69, 9.17) is 0 Å². The van der Waals surface area contributed by atoms with Crippen LogP contribution in [0.25, 0.3) is 0 Å². The summed E-state index contributed by atoms with van der Waals surface area (Å²) in [5.74, 6) is 0.0880. The second kappa shape index (κ2) is 7.22. The van der Waals surface area contributed by atoms with E-state index >= 15 is 0 Å². The molecule has 0 aliphatic carbocycles. The SMILES string of the molecule is CC(=O)N(C)Cc1ccccc1NC(=O)[C@@H]1CCCNC1. The molecule has 5 nitrogen and oxygen atoms in total. The van der Waals surface area contributed by atoms with E-state index < -0.39 is 0 Å². The maximum atomic E-state index is 12.3. The maximum Gasteiger partial charge on any atom is 0.228 e. The van der Waals surface area contributed by atoms with E-state index in [0.717, 1.165) is 37.2 Å². The van der Waals surface area contributed by atoms with Crippen molar-refractivity contribution in [2.24, 2.45) is 5.92 Å². The van der Waals surface area contributed by atoms with Gasteiger partial charge in [-0.25, -0.2) is 0 Å². The summed E-state index contributed by atoms with van der Waals surface area (Å²) in [6, 6.07) is 7.64. The van der Waals surface area contributed by atoms with Gasteiger partial charge in [-0.2, -0.15) is 0 Å². The van der Waals surface area contributed by atoms with E-state index in [-0.39, 0.29) is 17.7 Å². The van der Waals surface area contributed by atoms with E-state index in [0.29, 0.717) is 6.54 Å². The lowest BCUT2D eigenvalue weighted by molar-refractivity contribution is -0.128. The van der Waals surface area contributed by atoms with Gasteiger partial charge in [-0.3, -0.25) is 9.59 Å². The van der Waals surface area contributed by atoms with Gasteiger partial charge < -0.3 is 15.5 Å². The number of carbonyl (C=O) groups is 2. The molecular weight excluding hydrogens is 266 g/mol. The molecule has 2 rings (SSSR count). The Morgan fingerprint density at radius 1 is 1.38 bits per heavy atom. The first-order chi connectivity index (χ1) is 10.1. The molecule has 0 unspecified atom stereocenters. The van der Waals surface area contributed by atoms with Crippen LogP contribution in [0.1, 0.15) is 25.3 Å². The van der Waals surface area contributed by atoms with Gasteiger partial charge in [0, 0.05) is 32.7 Å². The Balaban J connectivity index is 2.05. The van der Waals surface area contributed by atoms with Crippen molar-refractivity contribution in [3.8, 4) is 0 Å². The zero-order valence-electron chi connectivity index (χ0n) is 12.7. The normalized spacial score (nSPS) is 18.1. The van der Waals surface area contributed by atoms with Crippen LogP contribution in [-0.2, 0) is 16.1 Å². The fourth-order valence-corrected chi connectivity index (χ4v) is 2.46. The van der Waals surface area contributed by atoms with Gasteiger partial charge in [0.25, 0.3) is 0 Å². The van der Waals surface area contributed by atoms with Crippen molar-refractivity contribution in [1.82, 2.24) is 10.2 Å². The molecule has 5 heteroatoms. The summed E-state index contributed by atoms with van der Waals surface area (Å²) in [5.41, 5.74) is 1.74. The Morgan fingerprint density at radius 2 is 2.14 bits per heavy atom. The third kappa shape index (κ3) is 4.29. The summed E-state index contributed by atoms with van der Waals surface area (Å²) < 4.78 is 0. The molecule has 0 bridgehead atoms. The van der Waals surface area contributed by atoms with Crippen LogP contribution < -0.4 is 10.6 Å². The molecule has 1 aromatic rings. The second-order valence-electron chi connectivity index (χ2n) is 5.56. The van der Waals surface area contributed by atoms with Gasteiger partial charge in [-0.15, -0.1) is 0 Å². The number of hydrogen-bond donors (Lipinski definition) is 2. The third-order valence-corrected chi connectivity index (χ3v) is 3.89. The van der Waals surface area contributed by atoms with Crippen molar-refractivity contribution in [2.75, 3.05) is 25.5 Å². The molecule has 1 fully saturated rings. The Bertz CT molecular complexity index is 510. The topological polar surface area (TPSA) is 61.4 Å². The average molecular weight is 289 g/mol. The molecule has 1 heterocycles. The molecule has 2 N–H and O–H groups in total.